The second-order valence-electron chi connectivity index (χ2n) is 8.60. The number of nitrogens with one attached hydrogen (secondary N) is 1. The Hall–Kier alpha value is -1.91. The van der Waals surface area contributed by atoms with Crippen LogP contribution in [0.5, 0.6) is 0 Å². The van der Waals surface area contributed by atoms with Crippen LogP contribution < -0.4 is 11.1 Å². The van der Waals surface area contributed by atoms with Crippen molar-refractivity contribution in [2.45, 2.75) is 69.8 Å². The van der Waals surface area contributed by atoms with E-state index in [0.29, 0.717) is 45.2 Å². The van der Waals surface area contributed by atoms with Crippen molar-refractivity contribution in [2.75, 3.05) is 13.1 Å². The number of hydrogen-bond acceptors (Lipinski definition) is 3. The lowest BCUT2D eigenvalue weighted by Gasteiger charge is -2.33. The third-order valence-corrected chi connectivity index (χ3v) is 6.61. The first kappa shape index (κ1) is 19.8. The molecule has 0 aromatic carbocycles. The molecule has 27 heavy (non-hydrogen) atoms. The summed E-state index contributed by atoms with van der Waals surface area (Å²) in [5, 5.41) is 12.0. The van der Waals surface area contributed by atoms with Crippen LogP contribution in [0.3, 0.4) is 0 Å². The molecule has 2 saturated carbocycles. The van der Waals surface area contributed by atoms with Gasteiger partial charge in [0, 0.05) is 31.8 Å². The highest BCUT2D eigenvalue weighted by Crippen LogP contribution is 2.64. The van der Waals surface area contributed by atoms with Gasteiger partial charge in [-0.15, -0.1) is 0 Å². The molecule has 0 bridgehead atoms. The first-order valence-corrected chi connectivity index (χ1v) is 9.81. The molecular formula is C19H28F2N4O2. The van der Waals surface area contributed by atoms with E-state index in [2.05, 4.69) is 11.4 Å². The van der Waals surface area contributed by atoms with E-state index >= 15 is 0 Å². The largest absolute Gasteiger partial charge is 0.351 e. The Bertz CT molecular complexity index is 649. The number of likely N-dealkylation sites (tertiary alicyclic amines) is 1. The Labute approximate surface area is 158 Å². The molecule has 1 spiro atoms. The maximum Gasteiger partial charge on any atom is 0.314 e. The Morgan fingerprint density at radius 2 is 1.96 bits per heavy atom. The van der Waals surface area contributed by atoms with Gasteiger partial charge in [-0.1, -0.05) is 13.3 Å². The van der Waals surface area contributed by atoms with Gasteiger partial charge in [0.25, 0.3) is 0 Å². The predicted molar refractivity (Wildman–Crippen MR) is 94.6 cm³/mol. The zero-order chi connectivity index (χ0) is 19.9. The van der Waals surface area contributed by atoms with Crippen molar-refractivity contribution in [3.8, 4) is 6.07 Å². The van der Waals surface area contributed by atoms with Crippen LogP contribution in [0.4, 0.5) is 13.6 Å². The molecule has 2 aliphatic carbocycles. The van der Waals surface area contributed by atoms with Gasteiger partial charge in [0.05, 0.1) is 6.07 Å². The zero-order valence-electron chi connectivity index (χ0n) is 15.8. The topological polar surface area (TPSA) is 99.2 Å². The maximum atomic E-state index is 14.4. The molecule has 3 fully saturated rings. The number of urea groups is 1. The molecule has 6 nitrogen and oxygen atoms in total. The Kier molecular flexibility index (Phi) is 5.08. The minimum absolute atomic E-state index is 0.121. The molecule has 1 heterocycles. The van der Waals surface area contributed by atoms with Gasteiger partial charge in [0.15, 0.2) is 0 Å². The highest BCUT2D eigenvalue weighted by atomic mass is 19.3. The quantitative estimate of drug-likeness (QED) is 0.708. The summed E-state index contributed by atoms with van der Waals surface area (Å²) in [6.07, 6.45) is 2.90. The number of hydrogen-bond donors (Lipinski definition) is 2. The van der Waals surface area contributed by atoms with Crippen molar-refractivity contribution in [1.29, 1.82) is 5.26 Å². The monoisotopic (exact) mass is 382 g/mol. The molecule has 1 saturated heterocycles. The number of piperidine rings is 1. The molecule has 0 radical (unpaired) electrons. The molecule has 1 unspecified atom stereocenters. The van der Waals surface area contributed by atoms with E-state index in [-0.39, 0.29) is 17.8 Å². The predicted octanol–water partition coefficient (Wildman–Crippen LogP) is 2.78. The summed E-state index contributed by atoms with van der Waals surface area (Å²) in [6, 6.07) is 1.63. The number of carbonyl (C=O) groups is 2. The maximum absolute atomic E-state index is 14.4. The number of amides is 3. The fourth-order valence-electron chi connectivity index (χ4n) is 4.62. The summed E-state index contributed by atoms with van der Waals surface area (Å²) >= 11 is 0. The van der Waals surface area contributed by atoms with E-state index in [0.717, 1.165) is 6.42 Å². The molecule has 8 heteroatoms. The smallest absolute Gasteiger partial charge is 0.314 e. The fraction of sp³-hybridized carbons (Fsp3) is 0.842. The first-order chi connectivity index (χ1) is 12.7. The van der Waals surface area contributed by atoms with Crippen molar-refractivity contribution in [1.82, 2.24) is 10.2 Å². The summed E-state index contributed by atoms with van der Waals surface area (Å²) < 4.78 is 28.7. The number of halogens is 2. The average Bonchev–Trinajstić information content (AvgIpc) is 3.51. The zero-order valence-corrected chi connectivity index (χ0v) is 15.8. The minimum Gasteiger partial charge on any atom is -0.351 e. The van der Waals surface area contributed by atoms with Crippen LogP contribution >= 0.6 is 0 Å². The van der Waals surface area contributed by atoms with Crippen LogP contribution in [0.15, 0.2) is 0 Å². The van der Waals surface area contributed by atoms with Crippen LogP contribution in [0.25, 0.3) is 0 Å². The second-order valence-corrected chi connectivity index (χ2v) is 8.60. The van der Waals surface area contributed by atoms with Crippen molar-refractivity contribution in [3.63, 3.8) is 0 Å². The van der Waals surface area contributed by atoms with Crippen LogP contribution in [-0.4, -0.2) is 41.4 Å². The van der Waals surface area contributed by atoms with Crippen LogP contribution in [-0.2, 0) is 4.79 Å². The summed E-state index contributed by atoms with van der Waals surface area (Å²) in [7, 11) is 0. The number of primary amides is 1. The summed E-state index contributed by atoms with van der Waals surface area (Å²) in [5.74, 6) is -4.22. The van der Waals surface area contributed by atoms with Crippen molar-refractivity contribution >= 4 is 11.9 Å². The van der Waals surface area contributed by atoms with Gasteiger partial charge < -0.3 is 16.0 Å². The number of rotatable bonds is 7. The van der Waals surface area contributed by atoms with Crippen molar-refractivity contribution in [3.05, 3.63) is 0 Å². The van der Waals surface area contributed by atoms with Gasteiger partial charge in [-0.25, -0.2) is 13.6 Å². The second kappa shape index (κ2) is 6.92. The van der Waals surface area contributed by atoms with Crippen LogP contribution in [0.1, 0.15) is 58.3 Å². The lowest BCUT2D eigenvalue weighted by molar-refractivity contribution is -0.131. The van der Waals surface area contributed by atoms with E-state index in [1.807, 2.05) is 0 Å². The normalized spacial score (nSPS) is 26.1. The molecular weight excluding hydrogens is 354 g/mol. The Morgan fingerprint density at radius 3 is 2.44 bits per heavy atom. The average molecular weight is 382 g/mol. The highest BCUT2D eigenvalue weighted by Gasteiger charge is 2.61. The lowest BCUT2D eigenvalue weighted by atomic mass is 9.83. The lowest BCUT2D eigenvalue weighted by Crippen LogP contribution is -2.45. The van der Waals surface area contributed by atoms with E-state index in [1.54, 1.807) is 11.8 Å². The fourth-order valence-corrected chi connectivity index (χ4v) is 4.62. The number of alkyl halides is 2. The van der Waals surface area contributed by atoms with Crippen molar-refractivity contribution in [2.24, 2.45) is 23.0 Å². The first-order valence-electron chi connectivity index (χ1n) is 9.81. The Morgan fingerprint density at radius 1 is 1.33 bits per heavy atom. The van der Waals surface area contributed by atoms with Gasteiger partial charge in [0.1, 0.15) is 5.54 Å². The number of carbonyl (C=O) groups excluding carboxylic acids is 2. The molecule has 1 aliphatic heterocycles. The van der Waals surface area contributed by atoms with E-state index in [4.69, 9.17) is 5.73 Å². The highest BCUT2D eigenvalue weighted by molar-refractivity contribution is 5.81. The number of nitrogens with zero attached hydrogens (tertiary/aromatic N) is 2. The third-order valence-electron chi connectivity index (χ3n) is 6.61. The van der Waals surface area contributed by atoms with E-state index < -0.39 is 35.7 Å². The molecule has 3 rings (SSSR count). The SMILES string of the molecule is CCCC(F)(F)C[C@H](C(=O)NC1(C#N)CC1)C1CC12CCN(C(N)=O)CC2. The van der Waals surface area contributed by atoms with E-state index in [1.165, 1.54) is 0 Å². The number of nitrogens with two attached hydrogens (primary N) is 1. The molecule has 2 atom stereocenters. The molecule has 150 valence electrons. The van der Waals surface area contributed by atoms with Crippen LogP contribution in [0.2, 0.25) is 0 Å². The molecule has 0 aromatic heterocycles. The van der Waals surface area contributed by atoms with Gasteiger partial charge in [-0.2, -0.15) is 5.26 Å². The van der Waals surface area contributed by atoms with Gasteiger partial charge in [-0.05, 0) is 43.4 Å². The summed E-state index contributed by atoms with van der Waals surface area (Å²) in [4.78, 5) is 25.7. The Balaban J connectivity index is 1.70. The molecule has 3 amide bonds. The van der Waals surface area contributed by atoms with Gasteiger partial charge in [0.2, 0.25) is 11.8 Å². The minimum atomic E-state index is -2.89. The summed E-state index contributed by atoms with van der Waals surface area (Å²) in [6.45, 7) is 2.72. The van der Waals surface area contributed by atoms with Crippen LogP contribution in [0, 0.1) is 28.6 Å². The van der Waals surface area contributed by atoms with E-state index in [9.17, 15) is 23.6 Å². The summed E-state index contributed by atoms with van der Waals surface area (Å²) in [5.41, 5.74) is 4.31. The molecule has 3 aliphatic rings. The number of nitriles is 1. The standard InChI is InChI=1S/C19H28F2N4O2/c1-2-3-19(20,21)10-13(15(26)24-18(12-22)4-5-18)14-11-17(14)6-8-25(9-7-17)16(23)27/h13-14H,2-11H2,1H3,(H2,23,27)(H,24,26)/t13-,14?/m0/s1. The molecule has 0 aromatic rings. The third kappa shape index (κ3) is 4.17. The van der Waals surface area contributed by atoms with Gasteiger partial charge >= 0.3 is 6.03 Å². The van der Waals surface area contributed by atoms with Crippen molar-refractivity contribution < 1.29 is 18.4 Å². The molecule has 3 N–H and O–H groups in total. The van der Waals surface area contributed by atoms with Gasteiger partial charge in [-0.3, -0.25) is 4.79 Å².